The fourth-order valence-corrected chi connectivity index (χ4v) is 2.39. The Balaban J connectivity index is 2.04. The number of nitrogens with one attached hydrogen (secondary N) is 1. The van der Waals surface area contributed by atoms with Gasteiger partial charge in [0.15, 0.2) is 0 Å². The Bertz CT molecular complexity index is 740. The minimum atomic E-state index is -0.795. The Labute approximate surface area is 146 Å². The standard InChI is InChI=1S/C19H21NO5/c1-24-15-10-11-17(25-2)16(12-15)19(23)20-14-8-6-13(7-9-14)4-3-5-18(21)22/h6-12H,3-5H2,1-2H3,(H,20,23)(H,21,22). The summed E-state index contributed by atoms with van der Waals surface area (Å²) < 4.78 is 10.4. The molecule has 25 heavy (non-hydrogen) atoms. The molecule has 2 N–H and O–H groups in total. The van der Waals surface area contributed by atoms with Crippen molar-refractivity contribution in [1.29, 1.82) is 0 Å². The first-order valence-corrected chi connectivity index (χ1v) is 7.87. The van der Waals surface area contributed by atoms with Crippen molar-refractivity contribution >= 4 is 17.6 Å². The SMILES string of the molecule is COc1ccc(OC)c(C(=O)Nc2ccc(CCCC(=O)O)cc2)c1. The lowest BCUT2D eigenvalue weighted by atomic mass is 10.1. The zero-order valence-corrected chi connectivity index (χ0v) is 14.2. The van der Waals surface area contributed by atoms with Crippen LogP contribution in [0.15, 0.2) is 42.5 Å². The molecule has 0 aliphatic rings. The van der Waals surface area contributed by atoms with E-state index >= 15 is 0 Å². The number of methoxy groups -OCH3 is 2. The van der Waals surface area contributed by atoms with Crippen LogP contribution in [-0.4, -0.2) is 31.2 Å². The van der Waals surface area contributed by atoms with E-state index in [4.69, 9.17) is 14.6 Å². The fraction of sp³-hybridized carbons (Fsp3) is 0.263. The van der Waals surface area contributed by atoms with Crippen molar-refractivity contribution in [2.45, 2.75) is 19.3 Å². The molecule has 0 fully saturated rings. The lowest BCUT2D eigenvalue weighted by Gasteiger charge is -2.11. The van der Waals surface area contributed by atoms with Crippen molar-refractivity contribution in [1.82, 2.24) is 0 Å². The number of aryl methyl sites for hydroxylation is 1. The second-order valence-corrected chi connectivity index (χ2v) is 5.46. The van der Waals surface area contributed by atoms with Gasteiger partial charge < -0.3 is 19.9 Å². The fourth-order valence-electron chi connectivity index (χ4n) is 2.39. The highest BCUT2D eigenvalue weighted by Gasteiger charge is 2.14. The van der Waals surface area contributed by atoms with Crippen LogP contribution in [0, 0.1) is 0 Å². The van der Waals surface area contributed by atoms with Gasteiger partial charge in [0.2, 0.25) is 0 Å². The number of ether oxygens (including phenoxy) is 2. The van der Waals surface area contributed by atoms with Crippen LogP contribution in [0.2, 0.25) is 0 Å². The third kappa shape index (κ3) is 5.24. The summed E-state index contributed by atoms with van der Waals surface area (Å²) in [5.74, 6) is -0.0613. The third-order valence-electron chi connectivity index (χ3n) is 3.72. The molecule has 0 saturated carbocycles. The molecule has 6 heteroatoms. The molecular formula is C19H21NO5. The van der Waals surface area contributed by atoms with E-state index in [-0.39, 0.29) is 12.3 Å². The van der Waals surface area contributed by atoms with Crippen molar-refractivity contribution in [2.24, 2.45) is 0 Å². The molecular weight excluding hydrogens is 322 g/mol. The van der Waals surface area contributed by atoms with Gasteiger partial charge in [-0.25, -0.2) is 0 Å². The first kappa shape index (κ1) is 18.3. The molecule has 0 heterocycles. The van der Waals surface area contributed by atoms with Crippen LogP contribution < -0.4 is 14.8 Å². The van der Waals surface area contributed by atoms with Crippen LogP contribution in [0.4, 0.5) is 5.69 Å². The van der Waals surface area contributed by atoms with E-state index in [9.17, 15) is 9.59 Å². The van der Waals surface area contributed by atoms with Crippen LogP contribution >= 0.6 is 0 Å². The molecule has 0 spiro atoms. The van der Waals surface area contributed by atoms with Crippen molar-refractivity contribution < 1.29 is 24.2 Å². The maximum Gasteiger partial charge on any atom is 0.303 e. The molecule has 0 atom stereocenters. The third-order valence-corrected chi connectivity index (χ3v) is 3.72. The number of carboxylic acids is 1. The van der Waals surface area contributed by atoms with E-state index in [2.05, 4.69) is 5.32 Å². The van der Waals surface area contributed by atoms with E-state index in [1.807, 2.05) is 12.1 Å². The van der Waals surface area contributed by atoms with Gasteiger partial charge in [-0.05, 0) is 48.7 Å². The van der Waals surface area contributed by atoms with E-state index < -0.39 is 5.97 Å². The van der Waals surface area contributed by atoms with Crippen molar-refractivity contribution in [2.75, 3.05) is 19.5 Å². The topological polar surface area (TPSA) is 84.9 Å². The van der Waals surface area contributed by atoms with E-state index in [1.54, 1.807) is 30.3 Å². The van der Waals surface area contributed by atoms with Gasteiger partial charge in [-0.3, -0.25) is 9.59 Å². The van der Waals surface area contributed by atoms with Crippen LogP contribution in [0.5, 0.6) is 11.5 Å². The summed E-state index contributed by atoms with van der Waals surface area (Å²) in [7, 11) is 3.04. The Hall–Kier alpha value is -3.02. The zero-order chi connectivity index (χ0) is 18.2. The summed E-state index contributed by atoms with van der Waals surface area (Å²) in [6.07, 6.45) is 1.42. The van der Waals surface area contributed by atoms with Crippen molar-refractivity contribution in [3.8, 4) is 11.5 Å². The predicted octanol–water partition coefficient (Wildman–Crippen LogP) is 3.36. The quantitative estimate of drug-likeness (QED) is 0.768. The monoisotopic (exact) mass is 343 g/mol. The number of amides is 1. The summed E-state index contributed by atoms with van der Waals surface area (Å²) in [4.78, 5) is 23.0. The molecule has 0 radical (unpaired) electrons. The van der Waals surface area contributed by atoms with Gasteiger partial charge in [-0.1, -0.05) is 12.1 Å². The number of anilines is 1. The maximum atomic E-state index is 12.5. The van der Waals surface area contributed by atoms with Gasteiger partial charge in [-0.15, -0.1) is 0 Å². The Morgan fingerprint density at radius 1 is 1.04 bits per heavy atom. The number of hydrogen-bond acceptors (Lipinski definition) is 4. The van der Waals surface area contributed by atoms with E-state index in [1.165, 1.54) is 14.2 Å². The first-order chi connectivity index (χ1) is 12.0. The number of carbonyl (C=O) groups excluding carboxylic acids is 1. The number of hydrogen-bond donors (Lipinski definition) is 2. The van der Waals surface area contributed by atoms with Crippen LogP contribution in [0.3, 0.4) is 0 Å². The second-order valence-electron chi connectivity index (χ2n) is 5.46. The molecule has 6 nitrogen and oxygen atoms in total. The minimum Gasteiger partial charge on any atom is -0.497 e. The number of rotatable bonds is 8. The molecule has 0 saturated heterocycles. The lowest BCUT2D eigenvalue weighted by Crippen LogP contribution is -2.13. The van der Waals surface area contributed by atoms with Gasteiger partial charge >= 0.3 is 5.97 Å². The smallest absolute Gasteiger partial charge is 0.303 e. The van der Waals surface area contributed by atoms with Gasteiger partial charge in [0, 0.05) is 12.1 Å². The highest BCUT2D eigenvalue weighted by atomic mass is 16.5. The van der Waals surface area contributed by atoms with Crippen LogP contribution in [-0.2, 0) is 11.2 Å². The minimum absolute atomic E-state index is 0.147. The Morgan fingerprint density at radius 3 is 2.36 bits per heavy atom. The average molecular weight is 343 g/mol. The highest BCUT2D eigenvalue weighted by molar-refractivity contribution is 6.06. The van der Waals surface area contributed by atoms with Gasteiger partial charge in [0.05, 0.1) is 19.8 Å². The maximum absolute atomic E-state index is 12.5. The molecule has 2 rings (SSSR count). The summed E-state index contributed by atoms with van der Waals surface area (Å²) >= 11 is 0. The van der Waals surface area contributed by atoms with Gasteiger partial charge in [-0.2, -0.15) is 0 Å². The molecule has 0 aromatic heterocycles. The molecule has 1 amide bonds. The zero-order valence-electron chi connectivity index (χ0n) is 14.2. The number of carbonyl (C=O) groups is 2. The molecule has 0 aliphatic heterocycles. The summed E-state index contributed by atoms with van der Waals surface area (Å²) in [5.41, 5.74) is 2.06. The summed E-state index contributed by atoms with van der Waals surface area (Å²) in [5, 5.41) is 11.5. The second kappa shape index (κ2) is 8.73. The molecule has 0 aliphatic carbocycles. The number of aliphatic carboxylic acids is 1. The van der Waals surface area contributed by atoms with Crippen LogP contribution in [0.25, 0.3) is 0 Å². The molecule has 0 unspecified atom stereocenters. The number of carboxylic acid groups (broad SMARTS) is 1. The summed E-state index contributed by atoms with van der Waals surface area (Å²) in [6.45, 7) is 0. The number of benzene rings is 2. The first-order valence-electron chi connectivity index (χ1n) is 7.87. The molecule has 0 bridgehead atoms. The predicted molar refractivity (Wildman–Crippen MR) is 94.5 cm³/mol. The Kier molecular flexibility index (Phi) is 6.39. The molecule has 2 aromatic carbocycles. The molecule has 132 valence electrons. The summed E-state index contributed by atoms with van der Waals surface area (Å²) in [6, 6.07) is 12.4. The van der Waals surface area contributed by atoms with E-state index in [0.717, 1.165) is 5.56 Å². The largest absolute Gasteiger partial charge is 0.497 e. The van der Waals surface area contributed by atoms with E-state index in [0.29, 0.717) is 35.6 Å². The molecule has 2 aromatic rings. The van der Waals surface area contributed by atoms with Crippen LogP contribution in [0.1, 0.15) is 28.8 Å². The normalized spacial score (nSPS) is 10.2. The van der Waals surface area contributed by atoms with Crippen molar-refractivity contribution in [3.05, 3.63) is 53.6 Å². The highest BCUT2D eigenvalue weighted by Crippen LogP contribution is 2.25. The lowest BCUT2D eigenvalue weighted by molar-refractivity contribution is -0.137. The van der Waals surface area contributed by atoms with Gasteiger partial charge in [0.25, 0.3) is 5.91 Å². The van der Waals surface area contributed by atoms with Gasteiger partial charge in [0.1, 0.15) is 11.5 Å². The Morgan fingerprint density at radius 2 is 1.76 bits per heavy atom. The van der Waals surface area contributed by atoms with Crippen molar-refractivity contribution in [3.63, 3.8) is 0 Å². The average Bonchev–Trinajstić information content (AvgIpc) is 2.62.